The highest BCUT2D eigenvalue weighted by Gasteiger charge is 2.25. The van der Waals surface area contributed by atoms with Crippen molar-refractivity contribution in [2.75, 3.05) is 0 Å². The van der Waals surface area contributed by atoms with Crippen molar-refractivity contribution >= 4 is 0 Å². The van der Waals surface area contributed by atoms with Crippen molar-refractivity contribution in [3.05, 3.63) is 36.2 Å². The van der Waals surface area contributed by atoms with Crippen LogP contribution in [-0.2, 0) is 6.42 Å². The van der Waals surface area contributed by atoms with Gasteiger partial charge in [0.25, 0.3) is 0 Å². The van der Waals surface area contributed by atoms with Crippen LogP contribution in [0.1, 0.15) is 24.8 Å². The zero-order valence-corrected chi connectivity index (χ0v) is 10.1. The second kappa shape index (κ2) is 5.86. The van der Waals surface area contributed by atoms with E-state index in [1.54, 1.807) is 0 Å². The fourth-order valence-electron chi connectivity index (χ4n) is 1.74. The van der Waals surface area contributed by atoms with Crippen LogP contribution in [0.25, 0.3) is 11.4 Å². The first kappa shape index (κ1) is 13.6. The fraction of sp³-hybridized carbons (Fsp3) is 0.385. The zero-order valence-electron chi connectivity index (χ0n) is 10.1. The Kier molecular flexibility index (Phi) is 4.19. The fourth-order valence-corrected chi connectivity index (χ4v) is 1.74. The molecule has 1 aromatic carbocycles. The Morgan fingerprint density at radius 3 is 2.42 bits per heavy atom. The van der Waals surface area contributed by atoms with Gasteiger partial charge in [-0.05, 0) is 24.8 Å². The average molecular weight is 269 g/mol. The zero-order chi connectivity index (χ0) is 13.7. The van der Waals surface area contributed by atoms with Gasteiger partial charge in [0.1, 0.15) is 0 Å². The summed E-state index contributed by atoms with van der Waals surface area (Å²) in [6, 6.07) is 7.36. The van der Waals surface area contributed by atoms with Gasteiger partial charge in [0.2, 0.25) is 5.82 Å². The molecule has 0 saturated carbocycles. The predicted molar refractivity (Wildman–Crippen MR) is 62.2 cm³/mol. The molecule has 6 heteroatoms. The number of hydrogen-bond acceptors (Lipinski definition) is 3. The molecule has 0 aliphatic carbocycles. The minimum Gasteiger partial charge on any atom is -0.328 e. The van der Waals surface area contributed by atoms with Gasteiger partial charge < -0.3 is 4.52 Å². The first-order valence-corrected chi connectivity index (χ1v) is 5.90. The number of nitrogens with zero attached hydrogens (tertiary/aromatic N) is 2. The number of halogens is 3. The number of unbranched alkanes of at least 4 members (excludes halogenated alkanes) is 1. The van der Waals surface area contributed by atoms with Crippen molar-refractivity contribution in [2.45, 2.75) is 31.9 Å². The smallest absolute Gasteiger partial charge is 0.328 e. The maximum Gasteiger partial charge on any atom is 0.389 e. The number of alkyl halides is 3. The quantitative estimate of drug-likeness (QED) is 0.775. The molecule has 0 unspecified atom stereocenters. The Labute approximate surface area is 108 Å². The normalized spacial score (nSPS) is 11.7. The van der Waals surface area contributed by atoms with E-state index in [1.165, 1.54) is 0 Å². The Balaban J connectivity index is 1.83. The molecule has 19 heavy (non-hydrogen) atoms. The van der Waals surface area contributed by atoms with E-state index in [2.05, 4.69) is 21.1 Å². The number of aryl methyl sites for hydroxylation is 1. The Hall–Kier alpha value is -1.85. The minimum atomic E-state index is -4.06. The van der Waals surface area contributed by atoms with Gasteiger partial charge in [-0.15, -0.1) is 0 Å². The third kappa shape index (κ3) is 4.39. The Morgan fingerprint density at radius 1 is 1.11 bits per heavy atom. The standard InChI is InChI=1S/C13H12F3N2O/c14-13(15,16)8-2-1-3-10-4-6-11(7-5-10)12-17-9-19-18-12/h4-7H,1-3,8H2. The van der Waals surface area contributed by atoms with Gasteiger partial charge in [-0.2, -0.15) is 18.2 Å². The minimum absolute atomic E-state index is 0.158. The molecule has 3 nitrogen and oxygen atoms in total. The van der Waals surface area contributed by atoms with E-state index < -0.39 is 12.6 Å². The highest BCUT2D eigenvalue weighted by Crippen LogP contribution is 2.23. The molecule has 101 valence electrons. The van der Waals surface area contributed by atoms with Crippen LogP contribution in [0.15, 0.2) is 28.8 Å². The average Bonchev–Trinajstić information content (AvgIpc) is 2.88. The highest BCUT2D eigenvalue weighted by atomic mass is 19.4. The Morgan fingerprint density at radius 2 is 1.84 bits per heavy atom. The molecular weight excluding hydrogens is 257 g/mol. The lowest BCUT2D eigenvalue weighted by Gasteiger charge is -2.06. The van der Waals surface area contributed by atoms with Crippen molar-refractivity contribution in [2.24, 2.45) is 0 Å². The van der Waals surface area contributed by atoms with E-state index in [1.807, 2.05) is 24.3 Å². The summed E-state index contributed by atoms with van der Waals surface area (Å²) in [7, 11) is 0. The van der Waals surface area contributed by atoms with Gasteiger partial charge in [-0.25, -0.2) is 0 Å². The summed E-state index contributed by atoms with van der Waals surface area (Å²) in [6.45, 7) is 0. The predicted octanol–water partition coefficient (Wildman–Crippen LogP) is 3.81. The third-order valence-corrected chi connectivity index (χ3v) is 2.71. The summed E-state index contributed by atoms with van der Waals surface area (Å²) >= 11 is 0. The molecule has 2 aromatic rings. The van der Waals surface area contributed by atoms with Crippen molar-refractivity contribution in [3.8, 4) is 11.4 Å². The third-order valence-electron chi connectivity index (χ3n) is 2.71. The molecule has 0 N–H and O–H groups in total. The second-order valence-corrected chi connectivity index (χ2v) is 4.23. The van der Waals surface area contributed by atoms with E-state index in [9.17, 15) is 13.2 Å². The molecule has 0 aliphatic heterocycles. The number of benzene rings is 1. The van der Waals surface area contributed by atoms with E-state index >= 15 is 0 Å². The van der Waals surface area contributed by atoms with E-state index in [4.69, 9.17) is 0 Å². The monoisotopic (exact) mass is 269 g/mol. The van der Waals surface area contributed by atoms with Gasteiger partial charge in [0.05, 0.1) is 0 Å². The lowest BCUT2D eigenvalue weighted by atomic mass is 10.0. The molecule has 0 fully saturated rings. The maximum atomic E-state index is 12.0. The van der Waals surface area contributed by atoms with Gasteiger partial charge in [-0.3, -0.25) is 0 Å². The SMILES string of the molecule is FC(F)(F)CCCCc1ccc(-c2n[c]on2)cc1. The Bertz CT molecular complexity index is 492. The van der Waals surface area contributed by atoms with E-state index in [0.717, 1.165) is 11.1 Å². The first-order valence-electron chi connectivity index (χ1n) is 5.90. The van der Waals surface area contributed by atoms with Crippen LogP contribution in [0, 0.1) is 6.39 Å². The largest absolute Gasteiger partial charge is 0.389 e. The van der Waals surface area contributed by atoms with Crippen molar-refractivity contribution < 1.29 is 17.7 Å². The number of aromatic nitrogens is 2. The lowest BCUT2D eigenvalue weighted by Crippen LogP contribution is -2.06. The van der Waals surface area contributed by atoms with Crippen molar-refractivity contribution in [1.82, 2.24) is 10.1 Å². The summed E-state index contributed by atoms with van der Waals surface area (Å²) in [6.07, 6.45) is -1.20. The van der Waals surface area contributed by atoms with Gasteiger partial charge in [0, 0.05) is 12.0 Å². The molecule has 0 saturated heterocycles. The highest BCUT2D eigenvalue weighted by molar-refractivity contribution is 5.54. The van der Waals surface area contributed by atoms with E-state index in [-0.39, 0.29) is 6.42 Å². The van der Waals surface area contributed by atoms with Crippen LogP contribution in [0.2, 0.25) is 0 Å². The molecule has 1 heterocycles. The topological polar surface area (TPSA) is 38.9 Å². The summed E-state index contributed by atoms with van der Waals surface area (Å²) in [4.78, 5) is 3.79. The number of hydrogen-bond donors (Lipinski definition) is 0. The molecule has 1 aromatic heterocycles. The second-order valence-electron chi connectivity index (χ2n) is 4.23. The molecule has 0 amide bonds. The molecule has 0 spiro atoms. The summed E-state index contributed by atoms with van der Waals surface area (Å²) in [5, 5.41) is 3.65. The van der Waals surface area contributed by atoms with Crippen LogP contribution in [0.4, 0.5) is 13.2 Å². The molecule has 2 rings (SSSR count). The maximum absolute atomic E-state index is 12.0. The van der Waals surface area contributed by atoms with Gasteiger partial charge in [0.15, 0.2) is 0 Å². The molecule has 0 aliphatic rings. The summed E-state index contributed by atoms with van der Waals surface area (Å²) < 4.78 is 40.4. The number of rotatable bonds is 5. The van der Waals surface area contributed by atoms with Gasteiger partial charge >= 0.3 is 12.6 Å². The molecule has 1 radical (unpaired) electrons. The van der Waals surface area contributed by atoms with Crippen molar-refractivity contribution in [1.29, 1.82) is 0 Å². The first-order chi connectivity index (χ1) is 9.04. The van der Waals surface area contributed by atoms with Crippen LogP contribution in [-0.4, -0.2) is 16.3 Å². The summed E-state index contributed by atoms with van der Waals surface area (Å²) in [5.41, 5.74) is 1.79. The summed E-state index contributed by atoms with van der Waals surface area (Å²) in [5.74, 6) is 0.448. The molecular formula is C13H12F3N2O. The van der Waals surface area contributed by atoms with Crippen LogP contribution in [0.5, 0.6) is 0 Å². The molecule has 0 bridgehead atoms. The van der Waals surface area contributed by atoms with E-state index in [0.29, 0.717) is 18.7 Å². The molecule has 0 atom stereocenters. The van der Waals surface area contributed by atoms with Crippen LogP contribution >= 0.6 is 0 Å². The lowest BCUT2D eigenvalue weighted by molar-refractivity contribution is -0.135. The van der Waals surface area contributed by atoms with Crippen molar-refractivity contribution in [3.63, 3.8) is 0 Å². The van der Waals surface area contributed by atoms with Crippen LogP contribution in [0.3, 0.4) is 0 Å². The van der Waals surface area contributed by atoms with Crippen LogP contribution < -0.4 is 0 Å². The van der Waals surface area contributed by atoms with Gasteiger partial charge in [-0.1, -0.05) is 29.4 Å².